The molecular weight excluding hydrogens is 524 g/mol. The Morgan fingerprint density at radius 1 is 0.895 bits per heavy atom. The number of aldehydes is 1. The van der Waals surface area contributed by atoms with Crippen molar-refractivity contribution in [3.63, 3.8) is 0 Å². The molecule has 0 fully saturated rings. The van der Waals surface area contributed by atoms with E-state index in [1.54, 1.807) is 43.1 Å². The van der Waals surface area contributed by atoms with Gasteiger partial charge in [0.1, 0.15) is 17.2 Å². The predicted octanol–water partition coefficient (Wildman–Crippen LogP) is 5.38. The monoisotopic (exact) mass is 546 g/mol. The second kappa shape index (κ2) is 11.1. The summed E-state index contributed by atoms with van der Waals surface area (Å²) in [5.74, 6) is 2.06. The third-order valence-corrected chi connectivity index (χ3v) is 7.30. The van der Waals surface area contributed by atoms with Crippen molar-refractivity contribution in [2.45, 2.75) is 17.5 Å². The number of halogens is 1. The van der Waals surface area contributed by atoms with Gasteiger partial charge in [0.05, 0.1) is 26.3 Å². The van der Waals surface area contributed by atoms with Gasteiger partial charge >= 0.3 is 5.69 Å². The number of rotatable bonds is 9. The molecule has 0 atom stereocenters. The number of aromatic nitrogens is 4. The van der Waals surface area contributed by atoms with Crippen molar-refractivity contribution in [3.8, 4) is 22.6 Å². The van der Waals surface area contributed by atoms with Crippen LogP contribution in [0.1, 0.15) is 21.6 Å². The van der Waals surface area contributed by atoms with Gasteiger partial charge in [0.15, 0.2) is 17.1 Å². The summed E-state index contributed by atoms with van der Waals surface area (Å²) in [6, 6.07) is 22.2. The number of hydrogen-bond donors (Lipinski definition) is 0. The first kappa shape index (κ1) is 25.6. The molecule has 0 aliphatic heterocycles. The predicted molar refractivity (Wildman–Crippen MR) is 148 cm³/mol. The molecule has 38 heavy (non-hydrogen) atoms. The van der Waals surface area contributed by atoms with E-state index < -0.39 is 5.69 Å². The van der Waals surface area contributed by atoms with Crippen molar-refractivity contribution in [2.24, 2.45) is 0 Å². The summed E-state index contributed by atoms with van der Waals surface area (Å²) in [7, 11) is 3.23. The molecule has 0 amide bonds. The molecule has 5 aromatic rings. The summed E-state index contributed by atoms with van der Waals surface area (Å²) in [5, 5.41) is 5.37. The van der Waals surface area contributed by atoms with Gasteiger partial charge < -0.3 is 9.47 Å². The maximum atomic E-state index is 13.8. The quantitative estimate of drug-likeness (QED) is 0.181. The van der Waals surface area contributed by atoms with E-state index in [4.69, 9.17) is 26.1 Å². The molecule has 0 saturated carbocycles. The molecule has 10 heteroatoms. The lowest BCUT2D eigenvalue weighted by Gasteiger charge is -2.13. The van der Waals surface area contributed by atoms with Crippen LogP contribution in [-0.4, -0.2) is 39.7 Å². The first-order chi connectivity index (χ1) is 18.5. The van der Waals surface area contributed by atoms with E-state index in [2.05, 4.69) is 5.10 Å². The Morgan fingerprint density at radius 3 is 2.08 bits per heavy atom. The maximum absolute atomic E-state index is 13.8. The minimum Gasteiger partial charge on any atom is -0.497 e. The molecule has 0 N–H and O–H groups in total. The first-order valence-electron chi connectivity index (χ1n) is 11.6. The van der Waals surface area contributed by atoms with Gasteiger partial charge in [0, 0.05) is 10.8 Å². The van der Waals surface area contributed by atoms with Crippen LogP contribution in [0.4, 0.5) is 0 Å². The van der Waals surface area contributed by atoms with Crippen molar-refractivity contribution < 1.29 is 14.3 Å². The number of methoxy groups -OCH3 is 2. The molecule has 2 aromatic heterocycles. The highest BCUT2D eigenvalue weighted by molar-refractivity contribution is 7.98. The molecule has 0 radical (unpaired) electrons. The van der Waals surface area contributed by atoms with E-state index in [-0.39, 0.29) is 12.2 Å². The average Bonchev–Trinajstić information content (AvgIpc) is 3.33. The second-order valence-electron chi connectivity index (χ2n) is 8.37. The van der Waals surface area contributed by atoms with Crippen molar-refractivity contribution >= 4 is 35.3 Å². The Kier molecular flexibility index (Phi) is 7.48. The summed E-state index contributed by atoms with van der Waals surface area (Å²) < 4.78 is 13.3. The third-order valence-electron chi connectivity index (χ3n) is 6.00. The van der Waals surface area contributed by atoms with E-state index in [1.165, 1.54) is 16.3 Å². The maximum Gasteiger partial charge on any atom is 0.353 e. The highest BCUT2D eigenvalue weighted by Crippen LogP contribution is 2.30. The minimum absolute atomic E-state index is 0.130. The zero-order valence-corrected chi connectivity index (χ0v) is 22.2. The van der Waals surface area contributed by atoms with E-state index in [9.17, 15) is 9.59 Å². The zero-order valence-electron chi connectivity index (χ0n) is 20.6. The zero-order chi connectivity index (χ0) is 26.6. The van der Waals surface area contributed by atoms with E-state index in [0.29, 0.717) is 39.0 Å². The van der Waals surface area contributed by atoms with E-state index in [1.807, 2.05) is 48.5 Å². The minimum atomic E-state index is -0.397. The fourth-order valence-electron chi connectivity index (χ4n) is 4.01. The van der Waals surface area contributed by atoms with Gasteiger partial charge in [-0.05, 0) is 53.1 Å². The Labute approximate surface area is 227 Å². The normalized spacial score (nSPS) is 11.0. The topological polar surface area (TPSA) is 87.7 Å². The highest BCUT2D eigenvalue weighted by atomic mass is 35.5. The summed E-state index contributed by atoms with van der Waals surface area (Å²) in [6.07, 6.45) is 0.635. The van der Waals surface area contributed by atoms with Gasteiger partial charge in [-0.3, -0.25) is 9.36 Å². The van der Waals surface area contributed by atoms with E-state index in [0.717, 1.165) is 22.6 Å². The molecule has 0 spiro atoms. The number of nitrogens with zero attached hydrogens (tertiary/aromatic N) is 4. The second-order valence-corrected chi connectivity index (χ2v) is 9.75. The SMILES string of the molecule is COc1ccc(CSc2nc3c(-c4ccc(Cl)cc4)c(C=O)nn3c(=O)n2Cc2ccc(OC)cc2)cc1. The summed E-state index contributed by atoms with van der Waals surface area (Å²) in [4.78, 5) is 30.6. The van der Waals surface area contributed by atoms with Crippen LogP contribution in [-0.2, 0) is 12.3 Å². The number of thioether (sulfide) groups is 1. The smallest absolute Gasteiger partial charge is 0.353 e. The van der Waals surface area contributed by atoms with Crippen LogP contribution in [0, 0.1) is 0 Å². The largest absolute Gasteiger partial charge is 0.497 e. The standard InChI is InChI=1S/C28H23ClN4O4S/c1-36-22-11-3-18(4-12-22)15-32-27(38-17-19-5-13-23(37-2)14-6-19)30-26-25(20-7-9-21(29)10-8-20)24(16-34)31-33(26)28(32)35/h3-14,16H,15,17H2,1-2H3. The molecule has 8 nitrogen and oxygen atoms in total. The highest BCUT2D eigenvalue weighted by Gasteiger charge is 2.21. The van der Waals surface area contributed by atoms with Crippen LogP contribution >= 0.6 is 23.4 Å². The first-order valence-corrected chi connectivity index (χ1v) is 13.0. The molecular formula is C28H23ClN4O4S. The van der Waals surface area contributed by atoms with Gasteiger partial charge in [-0.25, -0.2) is 9.78 Å². The van der Waals surface area contributed by atoms with Gasteiger partial charge in [0.25, 0.3) is 0 Å². The number of benzene rings is 3. The van der Waals surface area contributed by atoms with Crippen LogP contribution < -0.4 is 15.2 Å². The number of fused-ring (bicyclic) bond motifs is 1. The molecule has 192 valence electrons. The van der Waals surface area contributed by atoms with Crippen molar-refractivity contribution in [1.82, 2.24) is 19.2 Å². The molecule has 0 aliphatic rings. The fraction of sp³-hybridized carbons (Fsp3) is 0.143. The lowest BCUT2D eigenvalue weighted by atomic mass is 10.1. The van der Waals surface area contributed by atoms with Crippen LogP contribution in [0.5, 0.6) is 11.5 Å². The van der Waals surface area contributed by atoms with Crippen LogP contribution in [0.3, 0.4) is 0 Å². The summed E-state index contributed by atoms with van der Waals surface area (Å²) in [5.41, 5.74) is 3.15. The Morgan fingerprint density at radius 2 is 1.50 bits per heavy atom. The van der Waals surface area contributed by atoms with Crippen molar-refractivity contribution in [3.05, 3.63) is 105 Å². The van der Waals surface area contributed by atoms with E-state index >= 15 is 0 Å². The van der Waals surface area contributed by atoms with Crippen LogP contribution in [0.2, 0.25) is 5.02 Å². The van der Waals surface area contributed by atoms with Gasteiger partial charge in [0.2, 0.25) is 0 Å². The van der Waals surface area contributed by atoms with Crippen molar-refractivity contribution in [1.29, 1.82) is 0 Å². The number of ether oxygens (including phenoxy) is 2. The van der Waals surface area contributed by atoms with Gasteiger partial charge in [-0.15, -0.1) is 0 Å². The summed E-state index contributed by atoms with van der Waals surface area (Å²) in [6.45, 7) is 0.267. The fourth-order valence-corrected chi connectivity index (χ4v) is 5.08. The lowest BCUT2D eigenvalue weighted by Crippen LogP contribution is -2.30. The number of carbonyl (C=O) groups excluding carboxylic acids is 1. The molecule has 0 unspecified atom stereocenters. The summed E-state index contributed by atoms with van der Waals surface area (Å²) >= 11 is 7.50. The molecule has 2 heterocycles. The Hall–Kier alpha value is -4.08. The number of carbonyl (C=O) groups is 1. The molecule has 3 aromatic carbocycles. The Balaban J connectivity index is 1.63. The molecule has 5 rings (SSSR count). The molecule has 0 saturated heterocycles. The molecule has 0 aliphatic carbocycles. The average molecular weight is 547 g/mol. The van der Waals surface area contributed by atoms with Crippen LogP contribution in [0.25, 0.3) is 16.8 Å². The van der Waals surface area contributed by atoms with Gasteiger partial charge in [-0.1, -0.05) is 59.8 Å². The van der Waals surface area contributed by atoms with Crippen molar-refractivity contribution in [2.75, 3.05) is 14.2 Å². The third kappa shape index (κ3) is 5.16. The van der Waals surface area contributed by atoms with Gasteiger partial charge in [-0.2, -0.15) is 9.61 Å². The van der Waals surface area contributed by atoms with Crippen LogP contribution in [0.15, 0.2) is 82.7 Å². The number of hydrogen-bond acceptors (Lipinski definition) is 7. The Bertz CT molecular complexity index is 1650. The molecule has 0 bridgehead atoms. The lowest BCUT2D eigenvalue weighted by molar-refractivity contribution is 0.111.